The monoisotopic (exact) mass is 296 g/mol. The van der Waals surface area contributed by atoms with E-state index in [1.165, 1.54) is 12.1 Å². The van der Waals surface area contributed by atoms with Gasteiger partial charge in [-0.1, -0.05) is 11.6 Å². The highest BCUT2D eigenvalue weighted by atomic mass is 35.5. The van der Waals surface area contributed by atoms with Gasteiger partial charge in [-0.2, -0.15) is 5.10 Å². The molecule has 2 aromatic heterocycles. The van der Waals surface area contributed by atoms with E-state index in [9.17, 15) is 4.39 Å². The fraction of sp³-hybridized carbons (Fsp3) is 0.167. The number of fused-ring (bicyclic) bond motifs is 1. The van der Waals surface area contributed by atoms with E-state index >= 15 is 0 Å². The summed E-state index contributed by atoms with van der Waals surface area (Å²) in [5.74, 6) is -0.389. The van der Waals surface area contributed by atoms with Crippen molar-refractivity contribution in [3.63, 3.8) is 0 Å². The van der Waals surface area contributed by atoms with Crippen LogP contribution < -0.4 is 0 Å². The van der Waals surface area contributed by atoms with Gasteiger partial charge in [0.2, 0.25) is 0 Å². The Bertz CT molecular complexity index is 845. The van der Waals surface area contributed by atoms with Gasteiger partial charge in [-0.15, -0.1) is 0 Å². The fourth-order valence-electron chi connectivity index (χ4n) is 2.19. The average molecular weight is 297 g/mol. The zero-order chi connectivity index (χ0) is 13.7. The van der Waals surface area contributed by atoms with Crippen molar-refractivity contribution in [2.45, 2.75) is 6.92 Å². The molecule has 19 heavy (non-hydrogen) atoms. The van der Waals surface area contributed by atoms with Crippen molar-refractivity contribution in [2.24, 2.45) is 7.05 Å². The standard InChI is InChI=1S/C12H10ClFN4S/c1-6-10-11(17(2)16-6)18(12(19)15-10)9-5-7(13)3-4-8(9)14/h3-5H,1-2H3,(H,15,19). The van der Waals surface area contributed by atoms with Gasteiger partial charge in [0.15, 0.2) is 10.4 Å². The first kappa shape index (κ1) is 12.4. The molecule has 1 N–H and O–H groups in total. The number of imidazole rings is 1. The minimum atomic E-state index is -0.389. The van der Waals surface area contributed by atoms with Crippen molar-refractivity contribution in [3.8, 4) is 5.69 Å². The number of nitrogens with one attached hydrogen (secondary N) is 1. The van der Waals surface area contributed by atoms with Gasteiger partial charge in [-0.25, -0.2) is 9.07 Å². The Kier molecular flexibility index (Phi) is 2.72. The van der Waals surface area contributed by atoms with E-state index in [0.717, 1.165) is 11.2 Å². The Balaban J connectivity index is 2.45. The maximum Gasteiger partial charge on any atom is 0.184 e. The Morgan fingerprint density at radius 1 is 1.42 bits per heavy atom. The molecule has 0 amide bonds. The maximum absolute atomic E-state index is 14.0. The first-order valence-electron chi connectivity index (χ1n) is 5.59. The molecule has 0 fully saturated rings. The molecule has 0 bridgehead atoms. The summed E-state index contributed by atoms with van der Waals surface area (Å²) in [4.78, 5) is 3.05. The van der Waals surface area contributed by atoms with Gasteiger partial charge in [0.1, 0.15) is 11.3 Å². The molecule has 0 atom stereocenters. The second kappa shape index (κ2) is 4.18. The largest absolute Gasteiger partial charge is 0.327 e. The second-order valence-electron chi connectivity index (χ2n) is 4.27. The molecule has 0 aliphatic carbocycles. The Morgan fingerprint density at radius 3 is 2.89 bits per heavy atom. The van der Waals surface area contributed by atoms with E-state index < -0.39 is 0 Å². The van der Waals surface area contributed by atoms with Crippen molar-refractivity contribution >= 4 is 35.0 Å². The molecule has 4 nitrogen and oxygen atoms in total. The first-order chi connectivity index (χ1) is 8.99. The van der Waals surface area contributed by atoms with Crippen LogP contribution >= 0.6 is 23.8 Å². The zero-order valence-electron chi connectivity index (χ0n) is 10.2. The van der Waals surface area contributed by atoms with Crippen molar-refractivity contribution in [1.82, 2.24) is 19.3 Å². The summed E-state index contributed by atoms with van der Waals surface area (Å²) < 4.78 is 17.7. The molecule has 0 aliphatic heterocycles. The zero-order valence-corrected chi connectivity index (χ0v) is 11.8. The summed E-state index contributed by atoms with van der Waals surface area (Å²) in [6.07, 6.45) is 0. The number of hydrogen-bond acceptors (Lipinski definition) is 2. The molecule has 0 saturated heterocycles. The van der Waals surface area contributed by atoms with Crippen LogP contribution in [0.2, 0.25) is 5.02 Å². The number of aromatic nitrogens is 4. The van der Waals surface area contributed by atoms with Gasteiger partial charge in [-0.05, 0) is 37.3 Å². The first-order valence-corrected chi connectivity index (χ1v) is 6.37. The molecule has 0 spiro atoms. The van der Waals surface area contributed by atoms with Crippen LogP contribution in [0.25, 0.3) is 16.9 Å². The lowest BCUT2D eigenvalue weighted by Gasteiger charge is -2.06. The van der Waals surface area contributed by atoms with Crippen LogP contribution in [0.1, 0.15) is 5.69 Å². The van der Waals surface area contributed by atoms with Gasteiger partial charge in [0, 0.05) is 12.1 Å². The molecule has 7 heteroatoms. The molecule has 0 unspecified atom stereocenters. The number of halogens is 2. The molecule has 0 radical (unpaired) electrons. The molecule has 98 valence electrons. The van der Waals surface area contributed by atoms with Gasteiger partial charge in [-0.3, -0.25) is 4.57 Å². The highest BCUT2D eigenvalue weighted by molar-refractivity contribution is 7.71. The predicted molar refractivity (Wildman–Crippen MR) is 74.9 cm³/mol. The van der Waals surface area contributed by atoms with Gasteiger partial charge < -0.3 is 4.98 Å². The summed E-state index contributed by atoms with van der Waals surface area (Å²) in [5, 5.41) is 4.74. The van der Waals surface area contributed by atoms with E-state index in [4.69, 9.17) is 23.8 Å². The smallest absolute Gasteiger partial charge is 0.184 e. The number of nitrogens with zero attached hydrogens (tertiary/aromatic N) is 3. The normalized spacial score (nSPS) is 11.4. The third-order valence-electron chi connectivity index (χ3n) is 2.99. The summed E-state index contributed by atoms with van der Waals surface area (Å²) in [7, 11) is 1.79. The topological polar surface area (TPSA) is 38.5 Å². The quantitative estimate of drug-likeness (QED) is 0.698. The van der Waals surface area contributed by atoms with Crippen LogP contribution in [-0.4, -0.2) is 19.3 Å². The van der Waals surface area contributed by atoms with E-state index in [0.29, 0.717) is 21.1 Å². The van der Waals surface area contributed by atoms with E-state index in [2.05, 4.69) is 10.1 Å². The second-order valence-corrected chi connectivity index (χ2v) is 5.09. The summed E-state index contributed by atoms with van der Waals surface area (Å²) in [6, 6.07) is 4.37. The van der Waals surface area contributed by atoms with Crippen molar-refractivity contribution in [2.75, 3.05) is 0 Å². The fourth-order valence-corrected chi connectivity index (χ4v) is 2.64. The molecule has 3 aromatic rings. The molecule has 2 heterocycles. The lowest BCUT2D eigenvalue weighted by molar-refractivity contribution is 0.617. The molecule has 3 rings (SSSR count). The Morgan fingerprint density at radius 2 is 2.16 bits per heavy atom. The minimum Gasteiger partial charge on any atom is -0.327 e. The highest BCUT2D eigenvalue weighted by Crippen LogP contribution is 2.25. The van der Waals surface area contributed by atoms with Gasteiger partial charge in [0.05, 0.1) is 11.4 Å². The number of aryl methyl sites for hydroxylation is 2. The van der Waals surface area contributed by atoms with Gasteiger partial charge in [0.25, 0.3) is 0 Å². The van der Waals surface area contributed by atoms with Gasteiger partial charge >= 0.3 is 0 Å². The minimum absolute atomic E-state index is 0.312. The third kappa shape index (κ3) is 1.79. The van der Waals surface area contributed by atoms with Crippen LogP contribution in [0.15, 0.2) is 18.2 Å². The molecule has 0 aliphatic rings. The van der Waals surface area contributed by atoms with Crippen molar-refractivity contribution in [3.05, 3.63) is 39.5 Å². The third-order valence-corrected chi connectivity index (χ3v) is 3.51. The average Bonchev–Trinajstić information content (AvgIpc) is 2.81. The molecule has 1 aromatic carbocycles. The summed E-state index contributed by atoms with van der Waals surface area (Å²) in [6.45, 7) is 1.87. The van der Waals surface area contributed by atoms with Crippen LogP contribution in [-0.2, 0) is 7.05 Å². The molecular formula is C12H10ClFN4S. The highest BCUT2D eigenvalue weighted by Gasteiger charge is 2.16. The Labute approximate surface area is 118 Å². The van der Waals surface area contributed by atoms with Crippen LogP contribution in [0.4, 0.5) is 4.39 Å². The summed E-state index contributed by atoms with van der Waals surface area (Å²) in [5.41, 5.74) is 2.63. The number of benzene rings is 1. The van der Waals surface area contributed by atoms with E-state index in [1.54, 1.807) is 22.4 Å². The van der Waals surface area contributed by atoms with Crippen LogP contribution in [0.3, 0.4) is 0 Å². The van der Waals surface area contributed by atoms with E-state index in [1.807, 2.05) is 6.92 Å². The number of rotatable bonds is 1. The van der Waals surface area contributed by atoms with E-state index in [-0.39, 0.29) is 5.82 Å². The lowest BCUT2D eigenvalue weighted by atomic mass is 10.3. The number of hydrogen-bond donors (Lipinski definition) is 1. The van der Waals surface area contributed by atoms with Crippen LogP contribution in [0, 0.1) is 17.5 Å². The van der Waals surface area contributed by atoms with Crippen molar-refractivity contribution < 1.29 is 4.39 Å². The predicted octanol–water partition coefficient (Wildman–Crippen LogP) is 3.52. The molecule has 0 saturated carbocycles. The maximum atomic E-state index is 14.0. The number of aromatic amines is 1. The SMILES string of the molecule is Cc1nn(C)c2c1[nH]c(=S)n2-c1cc(Cl)ccc1F. The Hall–Kier alpha value is -1.66. The molecular weight excluding hydrogens is 287 g/mol. The lowest BCUT2D eigenvalue weighted by Crippen LogP contribution is -2.02. The van der Waals surface area contributed by atoms with Crippen molar-refractivity contribution in [1.29, 1.82) is 0 Å². The summed E-state index contributed by atoms with van der Waals surface area (Å²) >= 11 is 11.2. The van der Waals surface area contributed by atoms with Crippen LogP contribution in [0.5, 0.6) is 0 Å². The number of H-pyrrole nitrogens is 1.